The number of hydrogen-bond acceptors (Lipinski definition) is 2. The van der Waals surface area contributed by atoms with Crippen LogP contribution < -0.4 is 5.73 Å². The molecule has 0 fully saturated rings. The molecule has 0 aliphatic rings. The van der Waals surface area contributed by atoms with Crippen LogP contribution in [0.25, 0.3) is 0 Å². The summed E-state index contributed by atoms with van der Waals surface area (Å²) in [6.07, 6.45) is 1.03. The lowest BCUT2D eigenvalue weighted by Crippen LogP contribution is -2.08. The quantitative estimate of drug-likeness (QED) is 0.697. The van der Waals surface area contributed by atoms with Gasteiger partial charge in [0.2, 0.25) is 0 Å². The van der Waals surface area contributed by atoms with Gasteiger partial charge < -0.3 is 5.73 Å². The fourth-order valence-electron chi connectivity index (χ4n) is 0.970. The molecule has 1 rings (SSSR count). The normalized spacial score (nSPS) is 13.5. The monoisotopic (exact) mass is 155 g/mol. The minimum atomic E-state index is 0.242. The van der Waals surface area contributed by atoms with Gasteiger partial charge in [-0.05, 0) is 35.2 Å². The minimum Gasteiger partial charge on any atom is -0.324 e. The van der Waals surface area contributed by atoms with Crippen LogP contribution in [0.4, 0.5) is 0 Å². The zero-order chi connectivity index (χ0) is 7.56. The number of nitrogens with two attached hydrogens (primary N) is 1. The summed E-state index contributed by atoms with van der Waals surface area (Å²) in [6, 6.07) is 0.242. The van der Waals surface area contributed by atoms with Crippen molar-refractivity contribution in [2.75, 3.05) is 0 Å². The predicted octanol–water partition coefficient (Wildman–Crippen LogP) is 2.47. The van der Waals surface area contributed by atoms with Gasteiger partial charge in [0.15, 0.2) is 0 Å². The fourth-order valence-corrected chi connectivity index (χ4v) is 1.89. The Kier molecular flexibility index (Phi) is 2.46. The van der Waals surface area contributed by atoms with E-state index in [0.717, 1.165) is 6.42 Å². The van der Waals surface area contributed by atoms with Gasteiger partial charge in [0.1, 0.15) is 0 Å². The Morgan fingerprint density at radius 2 is 2.30 bits per heavy atom. The van der Waals surface area contributed by atoms with E-state index in [0.29, 0.717) is 0 Å². The summed E-state index contributed by atoms with van der Waals surface area (Å²) >= 11 is 1.73. The topological polar surface area (TPSA) is 26.0 Å². The Hall–Kier alpha value is -0.340. The smallest absolute Gasteiger partial charge is 0.0303 e. The molecule has 10 heavy (non-hydrogen) atoms. The van der Waals surface area contributed by atoms with Crippen LogP contribution in [-0.2, 0) is 0 Å². The van der Waals surface area contributed by atoms with E-state index in [4.69, 9.17) is 5.73 Å². The Bertz CT molecular complexity index is 205. The van der Waals surface area contributed by atoms with Crippen molar-refractivity contribution in [1.29, 1.82) is 0 Å². The van der Waals surface area contributed by atoms with Crippen molar-refractivity contribution < 1.29 is 0 Å². The van der Waals surface area contributed by atoms with E-state index in [1.165, 1.54) is 11.1 Å². The number of thiophene rings is 1. The van der Waals surface area contributed by atoms with Crippen LogP contribution in [0.15, 0.2) is 10.8 Å². The maximum atomic E-state index is 5.85. The van der Waals surface area contributed by atoms with Crippen LogP contribution in [0.2, 0.25) is 0 Å². The average Bonchev–Trinajstić information content (AvgIpc) is 2.34. The molecule has 0 amide bonds. The molecule has 1 aromatic rings. The van der Waals surface area contributed by atoms with Gasteiger partial charge in [-0.15, -0.1) is 0 Å². The average molecular weight is 155 g/mol. The van der Waals surface area contributed by atoms with Crippen molar-refractivity contribution >= 4 is 11.3 Å². The van der Waals surface area contributed by atoms with Crippen LogP contribution in [0.5, 0.6) is 0 Å². The highest BCUT2D eigenvalue weighted by atomic mass is 32.1. The third kappa shape index (κ3) is 1.39. The Morgan fingerprint density at radius 3 is 2.70 bits per heavy atom. The summed E-state index contributed by atoms with van der Waals surface area (Å²) in [7, 11) is 0. The molecule has 0 bridgehead atoms. The molecule has 0 saturated heterocycles. The highest BCUT2D eigenvalue weighted by Gasteiger charge is 2.05. The van der Waals surface area contributed by atoms with Gasteiger partial charge in [0.25, 0.3) is 0 Å². The number of aryl methyl sites for hydroxylation is 1. The van der Waals surface area contributed by atoms with Crippen molar-refractivity contribution in [1.82, 2.24) is 0 Å². The first-order valence-corrected chi connectivity index (χ1v) is 4.48. The van der Waals surface area contributed by atoms with Crippen molar-refractivity contribution in [3.63, 3.8) is 0 Å². The summed E-state index contributed by atoms with van der Waals surface area (Å²) in [4.78, 5) is 0. The van der Waals surface area contributed by atoms with Crippen LogP contribution in [0.1, 0.15) is 30.5 Å². The number of rotatable bonds is 2. The zero-order valence-electron chi connectivity index (χ0n) is 6.42. The summed E-state index contributed by atoms with van der Waals surface area (Å²) in [5.41, 5.74) is 8.49. The van der Waals surface area contributed by atoms with Crippen LogP contribution in [-0.4, -0.2) is 0 Å². The molecular formula is C8H13NS. The van der Waals surface area contributed by atoms with Crippen molar-refractivity contribution in [2.45, 2.75) is 26.3 Å². The second-order valence-corrected chi connectivity index (χ2v) is 3.27. The summed E-state index contributed by atoms with van der Waals surface area (Å²) in [5.74, 6) is 0. The van der Waals surface area contributed by atoms with Gasteiger partial charge in [-0.25, -0.2) is 0 Å². The zero-order valence-corrected chi connectivity index (χ0v) is 7.24. The largest absolute Gasteiger partial charge is 0.324 e. The molecular weight excluding hydrogens is 142 g/mol. The highest BCUT2D eigenvalue weighted by Crippen LogP contribution is 2.21. The molecule has 56 valence electrons. The minimum absolute atomic E-state index is 0.242. The first-order chi connectivity index (χ1) is 4.75. The molecule has 1 unspecified atom stereocenters. The lowest BCUT2D eigenvalue weighted by Gasteiger charge is -2.06. The third-order valence-corrected chi connectivity index (χ3v) is 2.61. The number of hydrogen-bond donors (Lipinski definition) is 1. The van der Waals surface area contributed by atoms with E-state index in [1.54, 1.807) is 11.3 Å². The Morgan fingerprint density at radius 1 is 1.60 bits per heavy atom. The Labute approximate surface area is 65.9 Å². The van der Waals surface area contributed by atoms with Crippen molar-refractivity contribution in [3.05, 3.63) is 21.9 Å². The lowest BCUT2D eigenvalue weighted by molar-refractivity contribution is 0.697. The van der Waals surface area contributed by atoms with Gasteiger partial charge in [-0.1, -0.05) is 6.92 Å². The van der Waals surface area contributed by atoms with Gasteiger partial charge in [-0.3, -0.25) is 0 Å². The summed E-state index contributed by atoms with van der Waals surface area (Å²) in [5, 5.41) is 4.29. The second-order valence-electron chi connectivity index (χ2n) is 2.52. The maximum absolute atomic E-state index is 5.85. The molecule has 2 heteroatoms. The molecule has 0 radical (unpaired) electrons. The van der Waals surface area contributed by atoms with Crippen molar-refractivity contribution in [3.8, 4) is 0 Å². The maximum Gasteiger partial charge on any atom is 0.0303 e. The molecule has 0 spiro atoms. The molecule has 0 aromatic carbocycles. The van der Waals surface area contributed by atoms with Gasteiger partial charge >= 0.3 is 0 Å². The van der Waals surface area contributed by atoms with E-state index in [1.807, 2.05) is 0 Å². The predicted molar refractivity (Wildman–Crippen MR) is 46.3 cm³/mol. The Balaban J connectivity index is 2.82. The molecule has 1 heterocycles. The molecule has 0 aliphatic heterocycles. The SMILES string of the molecule is CCC(N)c1cscc1C. The molecule has 0 saturated carbocycles. The van der Waals surface area contributed by atoms with Crippen LogP contribution >= 0.6 is 11.3 Å². The first-order valence-electron chi connectivity index (χ1n) is 3.54. The summed E-state index contributed by atoms with van der Waals surface area (Å²) < 4.78 is 0. The first kappa shape index (κ1) is 7.76. The van der Waals surface area contributed by atoms with E-state index in [2.05, 4.69) is 24.6 Å². The molecule has 1 atom stereocenters. The van der Waals surface area contributed by atoms with Gasteiger partial charge in [0.05, 0.1) is 0 Å². The highest BCUT2D eigenvalue weighted by molar-refractivity contribution is 7.08. The molecule has 1 nitrogen and oxygen atoms in total. The van der Waals surface area contributed by atoms with E-state index in [-0.39, 0.29) is 6.04 Å². The van der Waals surface area contributed by atoms with Gasteiger partial charge in [-0.2, -0.15) is 11.3 Å². The van der Waals surface area contributed by atoms with E-state index in [9.17, 15) is 0 Å². The third-order valence-electron chi connectivity index (χ3n) is 1.73. The van der Waals surface area contributed by atoms with Crippen LogP contribution in [0, 0.1) is 6.92 Å². The van der Waals surface area contributed by atoms with Crippen molar-refractivity contribution in [2.24, 2.45) is 5.73 Å². The van der Waals surface area contributed by atoms with Crippen LogP contribution in [0.3, 0.4) is 0 Å². The summed E-state index contributed by atoms with van der Waals surface area (Å²) in [6.45, 7) is 4.23. The lowest BCUT2D eigenvalue weighted by atomic mass is 10.1. The van der Waals surface area contributed by atoms with Gasteiger partial charge in [0, 0.05) is 6.04 Å². The second kappa shape index (κ2) is 3.17. The molecule has 2 N–H and O–H groups in total. The molecule has 0 aliphatic carbocycles. The van der Waals surface area contributed by atoms with E-state index < -0.39 is 0 Å². The van der Waals surface area contributed by atoms with E-state index >= 15 is 0 Å². The standard InChI is InChI=1S/C8H13NS/c1-3-8(9)7-5-10-4-6(7)2/h4-5,8H,3,9H2,1-2H3. The molecule has 1 aromatic heterocycles. The fraction of sp³-hybridized carbons (Fsp3) is 0.500.